The van der Waals surface area contributed by atoms with Crippen molar-refractivity contribution in [2.24, 2.45) is 0 Å². The highest BCUT2D eigenvalue weighted by Gasteiger charge is 2.20. The summed E-state index contributed by atoms with van der Waals surface area (Å²) in [7, 11) is 0. The van der Waals surface area contributed by atoms with Crippen molar-refractivity contribution in [1.29, 1.82) is 0 Å². The molecule has 0 heterocycles. The van der Waals surface area contributed by atoms with Crippen molar-refractivity contribution in [1.82, 2.24) is 5.32 Å². The van der Waals surface area contributed by atoms with E-state index in [1.54, 1.807) is 42.5 Å². The SMILES string of the molecule is CC.CC(=O)Nc1ccccc1C(=O)C(=O)Nc1ccc(C(=O)NCCc2ccccc2)cc1. The van der Waals surface area contributed by atoms with E-state index in [0.717, 1.165) is 12.0 Å². The van der Waals surface area contributed by atoms with Crippen LogP contribution >= 0.6 is 0 Å². The zero-order valence-electron chi connectivity index (χ0n) is 19.6. The lowest BCUT2D eigenvalue weighted by molar-refractivity contribution is -0.114. The summed E-state index contributed by atoms with van der Waals surface area (Å²) in [6, 6.07) is 22.4. The van der Waals surface area contributed by atoms with Crippen LogP contribution in [-0.2, 0) is 16.0 Å². The van der Waals surface area contributed by atoms with Crippen LogP contribution in [0.5, 0.6) is 0 Å². The molecule has 0 saturated carbocycles. The highest BCUT2D eigenvalue weighted by atomic mass is 16.2. The second kappa shape index (κ2) is 13.3. The van der Waals surface area contributed by atoms with Crippen molar-refractivity contribution in [2.75, 3.05) is 17.2 Å². The molecule has 0 radical (unpaired) electrons. The molecule has 7 nitrogen and oxygen atoms in total. The molecular weight excluding hydrogens is 430 g/mol. The Morgan fingerprint density at radius 1 is 0.735 bits per heavy atom. The molecule has 176 valence electrons. The molecule has 3 rings (SSSR count). The number of para-hydroxylation sites is 1. The Hall–Kier alpha value is -4.26. The number of nitrogens with one attached hydrogen (secondary N) is 3. The number of benzene rings is 3. The van der Waals surface area contributed by atoms with Crippen molar-refractivity contribution in [3.8, 4) is 0 Å². The lowest BCUT2D eigenvalue weighted by atomic mass is 10.1. The van der Waals surface area contributed by atoms with Gasteiger partial charge in [-0.05, 0) is 48.4 Å². The number of ketones is 1. The third-order valence-corrected chi connectivity index (χ3v) is 4.64. The molecule has 0 spiro atoms. The highest BCUT2D eigenvalue weighted by Crippen LogP contribution is 2.17. The van der Waals surface area contributed by atoms with E-state index in [0.29, 0.717) is 17.8 Å². The summed E-state index contributed by atoms with van der Waals surface area (Å²) in [6.07, 6.45) is 0.725. The van der Waals surface area contributed by atoms with Crippen LogP contribution in [0, 0.1) is 0 Å². The van der Waals surface area contributed by atoms with Gasteiger partial charge in [0.1, 0.15) is 0 Å². The molecule has 0 bridgehead atoms. The lowest BCUT2D eigenvalue weighted by Gasteiger charge is -2.10. The van der Waals surface area contributed by atoms with Crippen LogP contribution in [0.15, 0.2) is 78.9 Å². The van der Waals surface area contributed by atoms with E-state index in [-0.39, 0.29) is 23.1 Å². The van der Waals surface area contributed by atoms with Gasteiger partial charge < -0.3 is 16.0 Å². The van der Waals surface area contributed by atoms with E-state index >= 15 is 0 Å². The Morgan fingerprint density at radius 2 is 1.35 bits per heavy atom. The van der Waals surface area contributed by atoms with E-state index < -0.39 is 11.7 Å². The normalized spacial score (nSPS) is 9.74. The zero-order chi connectivity index (χ0) is 24.9. The Labute approximate surface area is 199 Å². The predicted octanol–water partition coefficient (Wildman–Crippen LogP) is 4.47. The smallest absolute Gasteiger partial charge is 0.296 e. The van der Waals surface area contributed by atoms with Gasteiger partial charge in [-0.2, -0.15) is 0 Å². The summed E-state index contributed by atoms with van der Waals surface area (Å²) in [5.41, 5.74) is 2.31. The van der Waals surface area contributed by atoms with Crippen LogP contribution in [0.3, 0.4) is 0 Å². The zero-order valence-corrected chi connectivity index (χ0v) is 19.6. The molecule has 0 aliphatic rings. The van der Waals surface area contributed by atoms with Gasteiger partial charge in [-0.1, -0.05) is 56.3 Å². The molecule has 0 aromatic heterocycles. The first-order valence-electron chi connectivity index (χ1n) is 11.1. The van der Waals surface area contributed by atoms with E-state index in [2.05, 4.69) is 16.0 Å². The van der Waals surface area contributed by atoms with Gasteiger partial charge in [-0.3, -0.25) is 19.2 Å². The van der Waals surface area contributed by atoms with Crippen LogP contribution in [0.1, 0.15) is 47.1 Å². The molecule has 3 aromatic carbocycles. The summed E-state index contributed by atoms with van der Waals surface area (Å²) in [6.45, 7) is 5.82. The quantitative estimate of drug-likeness (QED) is 0.342. The molecule has 7 heteroatoms. The minimum Gasteiger partial charge on any atom is -0.352 e. The fourth-order valence-electron chi connectivity index (χ4n) is 3.06. The summed E-state index contributed by atoms with van der Waals surface area (Å²) in [5, 5.41) is 7.91. The summed E-state index contributed by atoms with van der Waals surface area (Å²) >= 11 is 0. The Bertz CT molecular complexity index is 1130. The Kier molecular flexibility index (Phi) is 10.2. The van der Waals surface area contributed by atoms with Gasteiger partial charge >= 0.3 is 0 Å². The third kappa shape index (κ3) is 7.70. The first-order valence-corrected chi connectivity index (χ1v) is 11.1. The average molecular weight is 460 g/mol. The summed E-state index contributed by atoms with van der Waals surface area (Å²) in [5.74, 6) is -2.19. The molecule has 3 amide bonds. The number of rotatable bonds is 8. The van der Waals surface area contributed by atoms with E-state index in [9.17, 15) is 19.2 Å². The third-order valence-electron chi connectivity index (χ3n) is 4.64. The number of anilines is 2. The Balaban J connectivity index is 0.00000199. The Morgan fingerprint density at radius 3 is 2.00 bits per heavy atom. The standard InChI is InChI=1S/C25H23N3O4.C2H6/c1-17(29)27-22-10-6-5-9-21(22)23(30)25(32)28-20-13-11-19(12-14-20)24(31)26-16-15-18-7-3-2-4-8-18;1-2/h2-14H,15-16H2,1H3,(H,26,31)(H,27,29)(H,28,32);1-2H3. The van der Waals surface area contributed by atoms with Crippen LogP contribution in [0.25, 0.3) is 0 Å². The van der Waals surface area contributed by atoms with Crippen LogP contribution in [-0.4, -0.2) is 30.0 Å². The maximum absolute atomic E-state index is 12.5. The molecule has 0 atom stereocenters. The van der Waals surface area contributed by atoms with Crippen molar-refractivity contribution < 1.29 is 19.2 Å². The molecule has 0 unspecified atom stereocenters. The first-order chi connectivity index (χ1) is 16.4. The van der Waals surface area contributed by atoms with Gasteiger partial charge in [0, 0.05) is 24.7 Å². The molecule has 0 aliphatic heterocycles. The first kappa shape index (κ1) is 26.0. The van der Waals surface area contributed by atoms with Crippen LogP contribution < -0.4 is 16.0 Å². The van der Waals surface area contributed by atoms with Gasteiger partial charge in [-0.25, -0.2) is 0 Å². The second-order valence-electron chi connectivity index (χ2n) is 7.08. The molecule has 3 N–H and O–H groups in total. The lowest BCUT2D eigenvalue weighted by Crippen LogP contribution is -2.26. The summed E-state index contributed by atoms with van der Waals surface area (Å²) in [4.78, 5) is 48.5. The number of hydrogen-bond donors (Lipinski definition) is 3. The number of carbonyl (C=O) groups is 4. The van der Waals surface area contributed by atoms with E-state index in [4.69, 9.17) is 0 Å². The van der Waals surface area contributed by atoms with Crippen molar-refractivity contribution in [3.63, 3.8) is 0 Å². The largest absolute Gasteiger partial charge is 0.352 e. The number of hydrogen-bond acceptors (Lipinski definition) is 4. The maximum Gasteiger partial charge on any atom is 0.296 e. The number of amides is 3. The fourth-order valence-corrected chi connectivity index (χ4v) is 3.06. The van der Waals surface area contributed by atoms with Crippen LogP contribution in [0.4, 0.5) is 11.4 Å². The monoisotopic (exact) mass is 459 g/mol. The van der Waals surface area contributed by atoms with Gasteiger partial charge in [0.2, 0.25) is 5.91 Å². The molecule has 34 heavy (non-hydrogen) atoms. The van der Waals surface area contributed by atoms with Crippen molar-refractivity contribution in [3.05, 3.63) is 95.6 Å². The number of Topliss-reactive ketones (excluding diaryl/α,β-unsaturated/α-hetero) is 1. The van der Waals surface area contributed by atoms with Gasteiger partial charge in [-0.15, -0.1) is 0 Å². The maximum atomic E-state index is 12.5. The van der Waals surface area contributed by atoms with E-state index in [1.807, 2.05) is 44.2 Å². The minimum absolute atomic E-state index is 0.0922. The molecule has 0 fully saturated rings. The van der Waals surface area contributed by atoms with Crippen molar-refractivity contribution >= 4 is 34.9 Å². The minimum atomic E-state index is -0.845. The fraction of sp³-hybridized carbons (Fsp3) is 0.185. The van der Waals surface area contributed by atoms with Gasteiger partial charge in [0.05, 0.1) is 11.3 Å². The van der Waals surface area contributed by atoms with Crippen molar-refractivity contribution in [2.45, 2.75) is 27.2 Å². The van der Waals surface area contributed by atoms with Gasteiger partial charge in [0.25, 0.3) is 17.6 Å². The van der Waals surface area contributed by atoms with E-state index in [1.165, 1.54) is 13.0 Å². The molecule has 0 saturated heterocycles. The highest BCUT2D eigenvalue weighted by molar-refractivity contribution is 6.47. The summed E-state index contributed by atoms with van der Waals surface area (Å²) < 4.78 is 0. The molecule has 3 aromatic rings. The predicted molar refractivity (Wildman–Crippen MR) is 134 cm³/mol. The topological polar surface area (TPSA) is 104 Å². The molecular formula is C27H29N3O4. The molecule has 0 aliphatic carbocycles. The second-order valence-corrected chi connectivity index (χ2v) is 7.08. The van der Waals surface area contributed by atoms with Crippen LogP contribution in [0.2, 0.25) is 0 Å². The average Bonchev–Trinajstić information content (AvgIpc) is 2.86. The van der Waals surface area contributed by atoms with Gasteiger partial charge in [0.15, 0.2) is 0 Å². The number of carbonyl (C=O) groups excluding carboxylic acids is 4.